The number of hydrogen-bond donors (Lipinski definition) is 0. The van der Waals surface area contributed by atoms with Crippen molar-refractivity contribution in [3.8, 4) is 0 Å². The quantitative estimate of drug-likeness (QED) is 0.757. The first kappa shape index (κ1) is 12.9. The van der Waals surface area contributed by atoms with Gasteiger partial charge in [-0.2, -0.15) is 0 Å². The van der Waals surface area contributed by atoms with Gasteiger partial charge < -0.3 is 0 Å². The van der Waals surface area contributed by atoms with Gasteiger partial charge in [-0.05, 0) is 37.3 Å². The Hall–Kier alpha value is -1.55. The molecule has 0 aliphatic rings. The first-order valence-corrected chi connectivity index (χ1v) is 6.04. The molecule has 0 radical (unpaired) electrons. The normalized spacial score (nSPS) is 10.4. The van der Waals surface area contributed by atoms with E-state index in [1.807, 2.05) is 0 Å². The second kappa shape index (κ2) is 4.98. The zero-order valence-corrected chi connectivity index (χ0v) is 11.1. The number of benzene rings is 2. The van der Waals surface area contributed by atoms with Gasteiger partial charge in [0.15, 0.2) is 5.78 Å². The molecule has 2 aromatic carbocycles. The molecule has 0 atom stereocenters. The number of hydrogen-bond acceptors (Lipinski definition) is 1. The van der Waals surface area contributed by atoms with E-state index in [4.69, 9.17) is 0 Å². The Balaban J connectivity index is 2.54. The molecule has 0 spiro atoms. The van der Waals surface area contributed by atoms with Crippen LogP contribution in [0.25, 0.3) is 0 Å². The summed E-state index contributed by atoms with van der Waals surface area (Å²) in [4.78, 5) is 12.2. The molecule has 0 unspecified atom stereocenters. The molecular weight excluding hydrogens is 302 g/mol. The summed E-state index contributed by atoms with van der Waals surface area (Å²) in [5.74, 6) is -1.68. The lowest BCUT2D eigenvalue weighted by atomic mass is 10.0. The molecule has 92 valence electrons. The van der Waals surface area contributed by atoms with E-state index in [2.05, 4.69) is 15.9 Å². The van der Waals surface area contributed by atoms with Crippen LogP contribution >= 0.6 is 15.9 Å². The minimum Gasteiger partial charge on any atom is -0.288 e. The second-order valence-corrected chi connectivity index (χ2v) is 4.79. The first-order valence-electron chi connectivity index (χ1n) is 5.25. The summed E-state index contributed by atoms with van der Waals surface area (Å²) in [5.41, 5.74) is 0.827. The highest BCUT2D eigenvalue weighted by Gasteiger charge is 2.17. The minimum atomic E-state index is -0.609. The van der Waals surface area contributed by atoms with Gasteiger partial charge in [0.2, 0.25) is 0 Å². The summed E-state index contributed by atoms with van der Waals surface area (Å²) in [6.45, 7) is 1.76. The van der Waals surface area contributed by atoms with Crippen molar-refractivity contribution in [2.24, 2.45) is 0 Å². The van der Waals surface area contributed by atoms with Gasteiger partial charge in [0, 0.05) is 10.0 Å². The van der Waals surface area contributed by atoms with Gasteiger partial charge in [-0.1, -0.05) is 27.6 Å². The van der Waals surface area contributed by atoms with Crippen LogP contribution in [0.15, 0.2) is 40.9 Å². The van der Waals surface area contributed by atoms with E-state index >= 15 is 0 Å². The maximum Gasteiger partial charge on any atom is 0.197 e. The number of halogens is 3. The smallest absolute Gasteiger partial charge is 0.197 e. The van der Waals surface area contributed by atoms with E-state index in [0.29, 0.717) is 4.47 Å². The van der Waals surface area contributed by atoms with Crippen molar-refractivity contribution in [1.29, 1.82) is 0 Å². The van der Waals surface area contributed by atoms with Crippen molar-refractivity contribution in [3.63, 3.8) is 0 Å². The molecule has 1 nitrogen and oxygen atoms in total. The molecule has 0 saturated carbocycles. The predicted molar refractivity (Wildman–Crippen MR) is 68.7 cm³/mol. The zero-order valence-electron chi connectivity index (χ0n) is 9.51. The lowest BCUT2D eigenvalue weighted by Gasteiger charge is -2.06. The summed E-state index contributed by atoms with van der Waals surface area (Å²) in [6.07, 6.45) is 0. The molecule has 0 aromatic heterocycles. The Morgan fingerprint density at radius 2 is 1.78 bits per heavy atom. The lowest BCUT2D eigenvalue weighted by molar-refractivity contribution is 0.103. The molecular formula is C14H9BrF2O. The van der Waals surface area contributed by atoms with Gasteiger partial charge in [0.05, 0.1) is 5.56 Å². The van der Waals surface area contributed by atoms with Gasteiger partial charge >= 0.3 is 0 Å². The molecule has 18 heavy (non-hydrogen) atoms. The number of rotatable bonds is 2. The van der Waals surface area contributed by atoms with Crippen LogP contribution in [-0.2, 0) is 0 Å². The highest BCUT2D eigenvalue weighted by Crippen LogP contribution is 2.23. The highest BCUT2D eigenvalue weighted by molar-refractivity contribution is 9.10. The summed E-state index contributed by atoms with van der Waals surface area (Å²) in [6, 6.07) is 8.01. The van der Waals surface area contributed by atoms with Gasteiger partial charge in [0.1, 0.15) is 11.6 Å². The van der Waals surface area contributed by atoms with E-state index in [9.17, 15) is 13.6 Å². The van der Waals surface area contributed by atoms with Gasteiger partial charge in [-0.25, -0.2) is 8.78 Å². The van der Waals surface area contributed by atoms with Crippen molar-refractivity contribution in [1.82, 2.24) is 0 Å². The van der Waals surface area contributed by atoms with E-state index in [1.165, 1.54) is 24.3 Å². The van der Waals surface area contributed by atoms with Gasteiger partial charge in [-0.3, -0.25) is 4.79 Å². The van der Waals surface area contributed by atoms with Crippen LogP contribution in [0, 0.1) is 18.6 Å². The van der Waals surface area contributed by atoms with Crippen molar-refractivity contribution in [2.75, 3.05) is 0 Å². The summed E-state index contributed by atoms with van der Waals surface area (Å²) in [5, 5.41) is 0. The topological polar surface area (TPSA) is 17.1 Å². The molecule has 2 rings (SSSR count). The molecule has 0 heterocycles. The van der Waals surface area contributed by atoms with Crippen LogP contribution in [0.2, 0.25) is 0 Å². The fourth-order valence-corrected chi connectivity index (χ4v) is 2.06. The van der Waals surface area contributed by atoms with Crippen LogP contribution in [0.4, 0.5) is 8.78 Å². The maximum absolute atomic E-state index is 13.6. The second-order valence-electron chi connectivity index (χ2n) is 3.94. The summed E-state index contributed by atoms with van der Waals surface area (Å²) in [7, 11) is 0. The first-order chi connectivity index (χ1) is 8.49. The molecule has 0 aliphatic heterocycles. The molecule has 0 aliphatic carbocycles. The third kappa shape index (κ3) is 2.48. The number of ketones is 1. The Morgan fingerprint density at radius 3 is 2.50 bits per heavy atom. The third-order valence-electron chi connectivity index (χ3n) is 2.54. The van der Waals surface area contributed by atoms with E-state index in [1.54, 1.807) is 13.0 Å². The lowest BCUT2D eigenvalue weighted by Crippen LogP contribution is -2.06. The van der Waals surface area contributed by atoms with Crippen LogP contribution in [0.1, 0.15) is 21.5 Å². The number of carbonyl (C=O) groups is 1. The Bertz CT molecular complexity index is 570. The average Bonchev–Trinajstić information content (AvgIpc) is 2.34. The van der Waals surface area contributed by atoms with Crippen molar-refractivity contribution in [2.45, 2.75) is 6.92 Å². The van der Waals surface area contributed by atoms with Gasteiger partial charge in [0.25, 0.3) is 0 Å². The SMILES string of the molecule is Cc1ccc(F)c(C(=O)c2cc(F)ccc2Br)c1. The van der Waals surface area contributed by atoms with Crippen LogP contribution in [0.5, 0.6) is 0 Å². The van der Waals surface area contributed by atoms with E-state index in [0.717, 1.165) is 11.6 Å². The fraction of sp³-hybridized carbons (Fsp3) is 0.0714. The Morgan fingerprint density at radius 1 is 1.06 bits per heavy atom. The molecule has 0 N–H and O–H groups in total. The number of aryl methyl sites for hydroxylation is 1. The zero-order chi connectivity index (χ0) is 13.3. The van der Waals surface area contributed by atoms with Crippen molar-refractivity contribution in [3.05, 3.63) is 69.2 Å². The largest absolute Gasteiger partial charge is 0.288 e. The summed E-state index contributed by atoms with van der Waals surface area (Å²) >= 11 is 3.16. The summed E-state index contributed by atoms with van der Waals surface area (Å²) < 4.78 is 27.2. The Kier molecular flexibility index (Phi) is 3.57. The molecule has 0 amide bonds. The van der Waals surface area contributed by atoms with Crippen molar-refractivity contribution < 1.29 is 13.6 Å². The highest BCUT2D eigenvalue weighted by atomic mass is 79.9. The minimum absolute atomic E-state index is 0.0544. The molecule has 4 heteroatoms. The van der Waals surface area contributed by atoms with Crippen LogP contribution in [0.3, 0.4) is 0 Å². The molecule has 0 saturated heterocycles. The van der Waals surface area contributed by atoms with Crippen molar-refractivity contribution >= 4 is 21.7 Å². The standard InChI is InChI=1S/C14H9BrF2O/c1-8-2-5-13(17)11(6-8)14(18)10-7-9(16)3-4-12(10)15/h2-7H,1H3. The van der Waals surface area contributed by atoms with E-state index < -0.39 is 17.4 Å². The van der Waals surface area contributed by atoms with Crippen LogP contribution < -0.4 is 0 Å². The molecule has 0 fully saturated rings. The number of carbonyl (C=O) groups excluding carboxylic acids is 1. The predicted octanol–water partition coefficient (Wildman–Crippen LogP) is 4.27. The monoisotopic (exact) mass is 310 g/mol. The van der Waals surface area contributed by atoms with Gasteiger partial charge in [-0.15, -0.1) is 0 Å². The van der Waals surface area contributed by atoms with E-state index in [-0.39, 0.29) is 11.1 Å². The molecule has 2 aromatic rings. The fourth-order valence-electron chi connectivity index (χ4n) is 1.63. The molecule has 0 bridgehead atoms. The maximum atomic E-state index is 13.6. The average molecular weight is 311 g/mol. The third-order valence-corrected chi connectivity index (χ3v) is 3.23. The Labute approximate surface area is 112 Å². The van der Waals surface area contributed by atoms with Crippen LogP contribution in [-0.4, -0.2) is 5.78 Å².